The van der Waals surface area contributed by atoms with Gasteiger partial charge in [0.05, 0.1) is 12.7 Å². The molecule has 2 heterocycles. The van der Waals surface area contributed by atoms with E-state index in [2.05, 4.69) is 23.3 Å². The first-order valence-electron chi connectivity index (χ1n) is 9.20. The van der Waals surface area contributed by atoms with Crippen LogP contribution in [0, 0.1) is 5.92 Å². The summed E-state index contributed by atoms with van der Waals surface area (Å²) in [6, 6.07) is 16.3. The van der Waals surface area contributed by atoms with Crippen molar-refractivity contribution in [1.29, 1.82) is 0 Å². The van der Waals surface area contributed by atoms with Crippen molar-refractivity contribution < 1.29 is 9.90 Å². The fourth-order valence-corrected chi connectivity index (χ4v) is 3.74. The number of hydrogen-bond acceptors (Lipinski definition) is 3. The minimum absolute atomic E-state index is 0.00236. The van der Waals surface area contributed by atoms with Gasteiger partial charge in [-0.1, -0.05) is 43.3 Å². The van der Waals surface area contributed by atoms with Gasteiger partial charge in [0.1, 0.15) is 6.23 Å². The molecule has 1 aliphatic heterocycles. The van der Waals surface area contributed by atoms with E-state index in [-0.39, 0.29) is 11.8 Å². The number of fused-ring (bicyclic) bond motifs is 1. The maximum absolute atomic E-state index is 12.0. The van der Waals surface area contributed by atoms with Crippen molar-refractivity contribution in [1.82, 2.24) is 9.78 Å². The van der Waals surface area contributed by atoms with Crippen molar-refractivity contribution >= 4 is 11.6 Å². The van der Waals surface area contributed by atoms with Crippen molar-refractivity contribution in [2.45, 2.75) is 33.0 Å². The van der Waals surface area contributed by atoms with Gasteiger partial charge in [0.15, 0.2) is 0 Å². The average molecular weight is 361 g/mol. The van der Waals surface area contributed by atoms with E-state index in [9.17, 15) is 9.90 Å². The molecule has 2 atom stereocenters. The van der Waals surface area contributed by atoms with Crippen LogP contribution in [0.15, 0.2) is 60.9 Å². The van der Waals surface area contributed by atoms with Gasteiger partial charge in [0, 0.05) is 30.3 Å². The standard InChI is InChI=1S/C22H23N3O2/c1-15-10-19-11-18(8-9-21(19)25(16(2)26)22(15)27)20-12-23-24(14-20)13-17-6-4-3-5-7-17/h3-9,11-12,14-15,22,27H,10,13H2,1-2H3/t15-,22+/m1/s1. The van der Waals surface area contributed by atoms with Crippen molar-refractivity contribution in [3.05, 3.63) is 72.1 Å². The lowest BCUT2D eigenvalue weighted by atomic mass is 9.90. The summed E-state index contributed by atoms with van der Waals surface area (Å²) in [5.41, 5.74) is 5.20. The molecule has 0 aliphatic carbocycles. The van der Waals surface area contributed by atoms with Crippen molar-refractivity contribution in [2.75, 3.05) is 4.90 Å². The summed E-state index contributed by atoms with van der Waals surface area (Å²) in [6.45, 7) is 4.19. The molecule has 0 saturated heterocycles. The largest absolute Gasteiger partial charge is 0.373 e. The lowest BCUT2D eigenvalue weighted by molar-refractivity contribution is -0.119. The molecule has 2 aromatic carbocycles. The summed E-state index contributed by atoms with van der Waals surface area (Å²) in [6.07, 6.45) is 3.88. The van der Waals surface area contributed by atoms with E-state index in [1.807, 2.05) is 54.3 Å². The third-order valence-corrected chi connectivity index (χ3v) is 5.15. The molecule has 1 aromatic heterocycles. The van der Waals surface area contributed by atoms with Gasteiger partial charge >= 0.3 is 0 Å². The Morgan fingerprint density at radius 3 is 2.70 bits per heavy atom. The molecule has 1 aliphatic rings. The second-order valence-electron chi connectivity index (χ2n) is 7.24. The minimum Gasteiger partial charge on any atom is -0.373 e. The molecule has 5 heteroatoms. The zero-order valence-electron chi connectivity index (χ0n) is 15.5. The number of carbonyl (C=O) groups is 1. The van der Waals surface area contributed by atoms with E-state index in [1.54, 1.807) is 0 Å². The normalized spacial score (nSPS) is 19.0. The van der Waals surface area contributed by atoms with Crippen LogP contribution < -0.4 is 4.90 Å². The SMILES string of the molecule is CC(=O)N1c2ccc(-c3cnn(Cc4ccccc4)c3)cc2C[C@@H](C)[C@@H]1O. The monoisotopic (exact) mass is 361 g/mol. The fourth-order valence-electron chi connectivity index (χ4n) is 3.74. The Morgan fingerprint density at radius 1 is 1.19 bits per heavy atom. The maximum atomic E-state index is 12.0. The quantitative estimate of drug-likeness (QED) is 0.777. The van der Waals surface area contributed by atoms with Crippen molar-refractivity contribution in [2.24, 2.45) is 5.92 Å². The van der Waals surface area contributed by atoms with E-state index < -0.39 is 6.23 Å². The van der Waals surface area contributed by atoms with Crippen LogP contribution in [-0.2, 0) is 17.8 Å². The predicted molar refractivity (Wildman–Crippen MR) is 105 cm³/mol. The molecule has 5 nitrogen and oxygen atoms in total. The van der Waals surface area contributed by atoms with Crippen LogP contribution in [0.25, 0.3) is 11.1 Å². The highest BCUT2D eigenvalue weighted by Gasteiger charge is 2.32. The molecular formula is C22H23N3O2. The number of amides is 1. The zero-order valence-corrected chi connectivity index (χ0v) is 15.5. The zero-order chi connectivity index (χ0) is 19.0. The minimum atomic E-state index is -0.769. The van der Waals surface area contributed by atoms with Crippen molar-refractivity contribution in [3.8, 4) is 11.1 Å². The molecule has 0 radical (unpaired) electrons. The second-order valence-corrected chi connectivity index (χ2v) is 7.24. The summed E-state index contributed by atoms with van der Waals surface area (Å²) >= 11 is 0. The van der Waals surface area contributed by atoms with Gasteiger partial charge in [-0.25, -0.2) is 0 Å². The number of benzene rings is 2. The molecule has 27 heavy (non-hydrogen) atoms. The van der Waals surface area contributed by atoms with Crippen LogP contribution in [0.3, 0.4) is 0 Å². The Labute approximate surface area is 158 Å². The predicted octanol–water partition coefficient (Wildman–Crippen LogP) is 3.46. The number of hydrogen-bond donors (Lipinski definition) is 1. The van der Waals surface area contributed by atoms with Crippen LogP contribution in [0.2, 0.25) is 0 Å². The first kappa shape index (κ1) is 17.5. The molecule has 1 amide bonds. The Bertz CT molecular complexity index is 965. The van der Waals surface area contributed by atoms with Gasteiger partial charge in [0.2, 0.25) is 5.91 Å². The number of aromatic nitrogens is 2. The summed E-state index contributed by atoms with van der Waals surface area (Å²) < 4.78 is 1.93. The second kappa shape index (κ2) is 7.00. The maximum Gasteiger partial charge on any atom is 0.225 e. The number of rotatable bonds is 3. The number of anilines is 1. The molecule has 4 rings (SSSR count). The molecule has 3 aromatic rings. The van der Waals surface area contributed by atoms with E-state index >= 15 is 0 Å². The molecule has 0 spiro atoms. The number of nitrogens with zero attached hydrogens (tertiary/aromatic N) is 3. The molecule has 138 valence electrons. The smallest absolute Gasteiger partial charge is 0.225 e. The number of carbonyl (C=O) groups excluding carboxylic acids is 1. The average Bonchev–Trinajstić information content (AvgIpc) is 3.11. The van der Waals surface area contributed by atoms with Crippen LogP contribution >= 0.6 is 0 Å². The Hall–Kier alpha value is -2.92. The lowest BCUT2D eigenvalue weighted by Gasteiger charge is -2.37. The lowest BCUT2D eigenvalue weighted by Crippen LogP contribution is -2.47. The highest BCUT2D eigenvalue weighted by Crippen LogP contribution is 2.35. The molecule has 0 bridgehead atoms. The van der Waals surface area contributed by atoms with Gasteiger partial charge in [0.25, 0.3) is 0 Å². The molecular weight excluding hydrogens is 338 g/mol. The van der Waals surface area contributed by atoms with Crippen LogP contribution in [0.4, 0.5) is 5.69 Å². The van der Waals surface area contributed by atoms with E-state index in [0.29, 0.717) is 0 Å². The molecule has 0 unspecified atom stereocenters. The summed E-state index contributed by atoms with van der Waals surface area (Å²) in [4.78, 5) is 13.5. The first-order chi connectivity index (χ1) is 13.0. The topological polar surface area (TPSA) is 58.4 Å². The van der Waals surface area contributed by atoms with Gasteiger partial charge in [-0.2, -0.15) is 5.10 Å². The fraction of sp³-hybridized carbons (Fsp3) is 0.273. The van der Waals surface area contributed by atoms with E-state index in [1.165, 1.54) is 17.4 Å². The summed E-state index contributed by atoms with van der Waals surface area (Å²) in [5.74, 6) is -0.142. The van der Waals surface area contributed by atoms with Crippen LogP contribution in [0.1, 0.15) is 25.0 Å². The highest BCUT2D eigenvalue weighted by molar-refractivity contribution is 5.93. The van der Waals surface area contributed by atoms with Gasteiger partial charge < -0.3 is 5.11 Å². The van der Waals surface area contributed by atoms with Gasteiger partial charge in [-0.15, -0.1) is 0 Å². The summed E-state index contributed by atoms with van der Waals surface area (Å²) in [7, 11) is 0. The molecule has 1 N–H and O–H groups in total. The first-order valence-corrected chi connectivity index (χ1v) is 9.20. The molecule has 0 saturated carbocycles. The Kier molecular flexibility index (Phi) is 4.54. The summed E-state index contributed by atoms with van der Waals surface area (Å²) in [5, 5.41) is 14.9. The van der Waals surface area contributed by atoms with Gasteiger partial charge in [-0.3, -0.25) is 14.4 Å². The third-order valence-electron chi connectivity index (χ3n) is 5.15. The van der Waals surface area contributed by atoms with E-state index in [4.69, 9.17) is 0 Å². The van der Waals surface area contributed by atoms with Crippen LogP contribution in [0.5, 0.6) is 0 Å². The number of aliphatic hydroxyl groups is 1. The third kappa shape index (κ3) is 3.38. The highest BCUT2D eigenvalue weighted by atomic mass is 16.3. The Morgan fingerprint density at radius 2 is 1.96 bits per heavy atom. The van der Waals surface area contributed by atoms with Crippen LogP contribution in [-0.4, -0.2) is 27.0 Å². The van der Waals surface area contributed by atoms with Gasteiger partial charge in [-0.05, 0) is 35.2 Å². The molecule has 0 fully saturated rings. The van der Waals surface area contributed by atoms with E-state index in [0.717, 1.165) is 35.3 Å². The Balaban J connectivity index is 1.63. The number of aliphatic hydroxyl groups excluding tert-OH is 1. The van der Waals surface area contributed by atoms with Crippen molar-refractivity contribution in [3.63, 3.8) is 0 Å².